The molecule has 1 atom stereocenters. The van der Waals surface area contributed by atoms with E-state index in [-0.39, 0.29) is 0 Å². The molecule has 18 heavy (non-hydrogen) atoms. The van der Waals surface area contributed by atoms with E-state index in [0.29, 0.717) is 6.04 Å². The van der Waals surface area contributed by atoms with Gasteiger partial charge in [0.25, 0.3) is 0 Å². The van der Waals surface area contributed by atoms with Crippen molar-refractivity contribution in [1.29, 1.82) is 0 Å². The molecule has 0 radical (unpaired) electrons. The summed E-state index contributed by atoms with van der Waals surface area (Å²) in [7, 11) is 1.91. The molecule has 98 valence electrons. The number of nitrogens with zero attached hydrogens (tertiary/aromatic N) is 3. The molecule has 4 nitrogen and oxygen atoms in total. The second kappa shape index (κ2) is 5.12. The molecule has 1 aromatic rings. The molecule has 2 fully saturated rings. The molecule has 1 aliphatic heterocycles. The molecule has 1 saturated carbocycles. The van der Waals surface area contributed by atoms with Crippen LogP contribution in [0.25, 0.3) is 0 Å². The minimum Gasteiger partial charge on any atom is -0.373 e. The van der Waals surface area contributed by atoms with Crippen LogP contribution in [-0.4, -0.2) is 29.6 Å². The van der Waals surface area contributed by atoms with Crippen LogP contribution in [-0.2, 0) is 0 Å². The summed E-state index contributed by atoms with van der Waals surface area (Å²) < 4.78 is 0. The van der Waals surface area contributed by atoms with Crippen LogP contribution in [0.1, 0.15) is 38.5 Å². The van der Waals surface area contributed by atoms with Gasteiger partial charge in [-0.15, -0.1) is 0 Å². The van der Waals surface area contributed by atoms with Crippen LogP contribution >= 0.6 is 0 Å². The summed E-state index contributed by atoms with van der Waals surface area (Å²) in [6.07, 6.45) is 9.96. The lowest BCUT2D eigenvalue weighted by molar-refractivity contribution is 0.429. The molecule has 0 aromatic carbocycles. The number of hydrogen-bond acceptors (Lipinski definition) is 4. The molecular formula is C14H22N4. The first-order valence-corrected chi connectivity index (χ1v) is 7.15. The van der Waals surface area contributed by atoms with Gasteiger partial charge in [-0.1, -0.05) is 12.8 Å². The van der Waals surface area contributed by atoms with Gasteiger partial charge in [0.05, 0.1) is 0 Å². The second-order valence-electron chi connectivity index (χ2n) is 5.46. The van der Waals surface area contributed by atoms with Crippen LogP contribution in [0, 0.1) is 5.92 Å². The van der Waals surface area contributed by atoms with Crippen molar-refractivity contribution in [2.24, 2.45) is 5.92 Å². The van der Waals surface area contributed by atoms with E-state index < -0.39 is 0 Å². The van der Waals surface area contributed by atoms with Crippen molar-refractivity contribution in [2.75, 3.05) is 23.8 Å². The molecule has 1 aromatic heterocycles. The molecule has 1 aliphatic carbocycles. The monoisotopic (exact) mass is 246 g/mol. The number of rotatable bonds is 3. The lowest BCUT2D eigenvalue weighted by Gasteiger charge is -2.30. The van der Waals surface area contributed by atoms with Crippen molar-refractivity contribution >= 4 is 11.6 Å². The van der Waals surface area contributed by atoms with Crippen LogP contribution in [0.3, 0.4) is 0 Å². The number of nitrogens with one attached hydrogen (secondary N) is 1. The normalized spacial score (nSPS) is 24.7. The Hall–Kier alpha value is -1.32. The highest BCUT2D eigenvalue weighted by molar-refractivity contribution is 5.49. The van der Waals surface area contributed by atoms with Gasteiger partial charge >= 0.3 is 0 Å². The number of anilines is 2. The third-order valence-corrected chi connectivity index (χ3v) is 4.45. The van der Waals surface area contributed by atoms with E-state index in [4.69, 9.17) is 0 Å². The Bertz CT molecular complexity index is 401. The maximum Gasteiger partial charge on any atom is 0.134 e. The molecule has 1 unspecified atom stereocenters. The van der Waals surface area contributed by atoms with Crippen LogP contribution in [0.15, 0.2) is 12.4 Å². The van der Waals surface area contributed by atoms with Crippen molar-refractivity contribution in [3.8, 4) is 0 Å². The largest absolute Gasteiger partial charge is 0.373 e. The average Bonchev–Trinajstić information content (AvgIpc) is 3.09. The first kappa shape index (κ1) is 11.8. The van der Waals surface area contributed by atoms with E-state index in [0.717, 1.165) is 24.1 Å². The Morgan fingerprint density at radius 2 is 2.00 bits per heavy atom. The molecule has 0 amide bonds. The van der Waals surface area contributed by atoms with E-state index in [9.17, 15) is 0 Å². The summed E-state index contributed by atoms with van der Waals surface area (Å²) in [6, 6.07) is 2.79. The fraction of sp³-hybridized carbons (Fsp3) is 0.714. The van der Waals surface area contributed by atoms with Crippen LogP contribution in [0.5, 0.6) is 0 Å². The summed E-state index contributed by atoms with van der Waals surface area (Å²) in [6.45, 7) is 1.15. The quantitative estimate of drug-likeness (QED) is 0.890. The van der Waals surface area contributed by atoms with Crippen molar-refractivity contribution in [3.05, 3.63) is 12.4 Å². The smallest absolute Gasteiger partial charge is 0.134 e. The molecule has 0 bridgehead atoms. The predicted molar refractivity (Wildman–Crippen MR) is 73.9 cm³/mol. The molecule has 2 aliphatic rings. The molecule has 4 heteroatoms. The summed E-state index contributed by atoms with van der Waals surface area (Å²) >= 11 is 0. The first-order chi connectivity index (χ1) is 8.88. The minimum absolute atomic E-state index is 0.715. The van der Waals surface area contributed by atoms with Gasteiger partial charge in [0.2, 0.25) is 0 Å². The first-order valence-electron chi connectivity index (χ1n) is 7.15. The van der Waals surface area contributed by atoms with Gasteiger partial charge in [-0.05, 0) is 31.6 Å². The lowest BCUT2D eigenvalue weighted by atomic mass is 9.96. The third-order valence-electron chi connectivity index (χ3n) is 4.45. The molecule has 1 saturated heterocycles. The highest BCUT2D eigenvalue weighted by atomic mass is 15.2. The molecule has 0 spiro atoms. The zero-order valence-electron chi connectivity index (χ0n) is 11.1. The number of hydrogen-bond donors (Lipinski definition) is 1. The lowest BCUT2D eigenvalue weighted by Crippen LogP contribution is -2.35. The summed E-state index contributed by atoms with van der Waals surface area (Å²) in [4.78, 5) is 11.2. The zero-order valence-corrected chi connectivity index (χ0v) is 11.1. The molecule has 3 rings (SSSR count). The van der Waals surface area contributed by atoms with E-state index >= 15 is 0 Å². The molecular weight excluding hydrogens is 224 g/mol. The highest BCUT2D eigenvalue weighted by Crippen LogP contribution is 2.37. The van der Waals surface area contributed by atoms with E-state index in [1.165, 1.54) is 38.5 Å². The molecule has 2 heterocycles. The zero-order chi connectivity index (χ0) is 12.4. The van der Waals surface area contributed by atoms with Crippen molar-refractivity contribution in [1.82, 2.24) is 9.97 Å². The van der Waals surface area contributed by atoms with Gasteiger partial charge in [0, 0.05) is 25.7 Å². The Morgan fingerprint density at radius 1 is 1.17 bits per heavy atom. The SMILES string of the molecule is CNc1cc(N2CCCC2C2CCCC2)ncn1. The van der Waals surface area contributed by atoms with Gasteiger partial charge in [0.15, 0.2) is 0 Å². The Balaban J connectivity index is 1.80. The fourth-order valence-electron chi connectivity index (χ4n) is 3.55. The third kappa shape index (κ3) is 2.16. The van der Waals surface area contributed by atoms with Crippen LogP contribution < -0.4 is 10.2 Å². The summed E-state index contributed by atoms with van der Waals surface area (Å²) in [5, 5.41) is 3.10. The van der Waals surface area contributed by atoms with Gasteiger partial charge in [-0.25, -0.2) is 9.97 Å². The minimum atomic E-state index is 0.715. The van der Waals surface area contributed by atoms with Crippen LogP contribution in [0.4, 0.5) is 11.6 Å². The Morgan fingerprint density at radius 3 is 2.78 bits per heavy atom. The van der Waals surface area contributed by atoms with Gasteiger partial charge in [-0.2, -0.15) is 0 Å². The van der Waals surface area contributed by atoms with E-state index in [2.05, 4.69) is 26.3 Å². The number of aromatic nitrogens is 2. The Labute approximate surface area is 109 Å². The Kier molecular flexibility index (Phi) is 3.35. The maximum absolute atomic E-state index is 4.47. The van der Waals surface area contributed by atoms with Gasteiger partial charge in [-0.3, -0.25) is 0 Å². The summed E-state index contributed by atoms with van der Waals surface area (Å²) in [5.41, 5.74) is 0. The highest BCUT2D eigenvalue weighted by Gasteiger charge is 2.33. The standard InChI is InChI=1S/C14H22N4/c1-15-13-9-14(17-10-16-13)18-8-4-7-12(18)11-5-2-3-6-11/h9-12H,2-8H2,1H3,(H,15,16,17). The second-order valence-corrected chi connectivity index (χ2v) is 5.46. The van der Waals surface area contributed by atoms with Crippen molar-refractivity contribution < 1.29 is 0 Å². The van der Waals surface area contributed by atoms with Gasteiger partial charge < -0.3 is 10.2 Å². The average molecular weight is 246 g/mol. The van der Waals surface area contributed by atoms with Crippen LogP contribution in [0.2, 0.25) is 0 Å². The van der Waals surface area contributed by atoms with E-state index in [1.807, 2.05) is 7.05 Å². The fourth-order valence-corrected chi connectivity index (χ4v) is 3.55. The molecule has 1 N–H and O–H groups in total. The van der Waals surface area contributed by atoms with Crippen molar-refractivity contribution in [2.45, 2.75) is 44.6 Å². The van der Waals surface area contributed by atoms with Gasteiger partial charge in [0.1, 0.15) is 18.0 Å². The topological polar surface area (TPSA) is 41.0 Å². The van der Waals surface area contributed by atoms with E-state index in [1.54, 1.807) is 6.33 Å². The van der Waals surface area contributed by atoms with Crippen molar-refractivity contribution in [3.63, 3.8) is 0 Å². The maximum atomic E-state index is 4.47. The predicted octanol–water partition coefficient (Wildman–Crippen LogP) is 2.68. The summed E-state index contributed by atoms with van der Waals surface area (Å²) in [5.74, 6) is 2.90.